The van der Waals surface area contributed by atoms with E-state index < -0.39 is 11.9 Å². The first-order valence-electron chi connectivity index (χ1n) is 7.75. The van der Waals surface area contributed by atoms with E-state index in [0.29, 0.717) is 12.1 Å². The molecule has 3 rings (SSSR count). The minimum absolute atomic E-state index is 0.0833. The van der Waals surface area contributed by atoms with E-state index >= 15 is 0 Å². The Bertz CT molecular complexity index is 856. The number of aliphatic carboxylic acids is 1. The molecule has 0 radical (unpaired) electrons. The number of H-pyrrole nitrogens is 1. The average molecular weight is 322 g/mol. The van der Waals surface area contributed by atoms with Crippen molar-refractivity contribution < 1.29 is 14.7 Å². The number of carbonyl (C=O) groups is 2. The molecule has 0 saturated carbocycles. The first kappa shape index (κ1) is 15.8. The topological polar surface area (TPSA) is 82.2 Å². The number of hydrogen-bond acceptors (Lipinski definition) is 2. The predicted octanol–water partition coefficient (Wildman–Crippen LogP) is 2.84. The smallest absolute Gasteiger partial charge is 0.308 e. The van der Waals surface area contributed by atoms with Crippen LogP contribution in [0.1, 0.15) is 16.1 Å². The minimum atomic E-state index is -0.921. The number of carboxylic acids is 1. The predicted molar refractivity (Wildman–Crippen MR) is 91.9 cm³/mol. The summed E-state index contributed by atoms with van der Waals surface area (Å²) in [6, 6.07) is 17.2. The second kappa shape index (κ2) is 7.00. The van der Waals surface area contributed by atoms with E-state index in [9.17, 15) is 14.7 Å². The molecule has 3 N–H and O–H groups in total. The number of benzene rings is 2. The Morgan fingerprint density at radius 2 is 1.83 bits per heavy atom. The van der Waals surface area contributed by atoms with Gasteiger partial charge in [-0.2, -0.15) is 0 Å². The normalized spacial score (nSPS) is 12.0. The minimum Gasteiger partial charge on any atom is -0.481 e. The molecule has 0 spiro atoms. The lowest BCUT2D eigenvalue weighted by atomic mass is 9.97. The molecule has 0 bridgehead atoms. The van der Waals surface area contributed by atoms with E-state index in [2.05, 4.69) is 10.3 Å². The number of nitrogens with one attached hydrogen (secondary N) is 2. The van der Waals surface area contributed by atoms with Gasteiger partial charge in [0, 0.05) is 12.7 Å². The van der Waals surface area contributed by atoms with Gasteiger partial charge in [-0.25, -0.2) is 0 Å². The third-order valence-corrected chi connectivity index (χ3v) is 4.00. The van der Waals surface area contributed by atoms with Crippen molar-refractivity contribution in [3.8, 4) is 0 Å². The second-order valence-corrected chi connectivity index (χ2v) is 5.71. The van der Waals surface area contributed by atoms with Crippen LogP contribution in [0.25, 0.3) is 10.8 Å². The molecule has 0 fully saturated rings. The van der Waals surface area contributed by atoms with Crippen molar-refractivity contribution in [1.29, 1.82) is 0 Å². The van der Waals surface area contributed by atoms with Gasteiger partial charge in [0.05, 0.1) is 5.92 Å². The Balaban J connectivity index is 1.68. The van der Waals surface area contributed by atoms with Gasteiger partial charge >= 0.3 is 5.97 Å². The Hall–Kier alpha value is -3.08. The van der Waals surface area contributed by atoms with Gasteiger partial charge in [-0.15, -0.1) is 0 Å². The van der Waals surface area contributed by atoms with Gasteiger partial charge in [0.1, 0.15) is 5.69 Å². The highest BCUT2D eigenvalue weighted by molar-refractivity contribution is 5.92. The maximum atomic E-state index is 11.9. The molecule has 122 valence electrons. The molecule has 0 aliphatic rings. The second-order valence-electron chi connectivity index (χ2n) is 5.71. The van der Waals surface area contributed by atoms with E-state index in [1.165, 1.54) is 0 Å². The molecule has 1 unspecified atom stereocenters. The van der Waals surface area contributed by atoms with Gasteiger partial charge in [0.2, 0.25) is 0 Å². The van der Waals surface area contributed by atoms with Gasteiger partial charge in [0.15, 0.2) is 0 Å². The summed E-state index contributed by atoms with van der Waals surface area (Å²) in [5.41, 5.74) is 1.36. The molecule has 1 heterocycles. The van der Waals surface area contributed by atoms with Crippen molar-refractivity contribution in [3.05, 3.63) is 72.1 Å². The summed E-state index contributed by atoms with van der Waals surface area (Å²) in [6.45, 7) is 0.0833. The van der Waals surface area contributed by atoms with Gasteiger partial charge in [-0.1, -0.05) is 42.5 Å². The lowest BCUT2D eigenvalue weighted by Gasteiger charge is -2.14. The van der Waals surface area contributed by atoms with E-state index in [0.717, 1.165) is 16.3 Å². The number of aromatic nitrogens is 1. The fourth-order valence-electron chi connectivity index (χ4n) is 2.68. The van der Waals surface area contributed by atoms with Crippen LogP contribution in [0.2, 0.25) is 0 Å². The number of fused-ring (bicyclic) bond motifs is 1. The molecule has 0 aliphatic carbocycles. The fraction of sp³-hybridized carbons (Fsp3) is 0.158. The molecule has 1 amide bonds. The first-order valence-corrected chi connectivity index (χ1v) is 7.75. The summed E-state index contributed by atoms with van der Waals surface area (Å²) in [7, 11) is 0. The number of amides is 1. The lowest BCUT2D eigenvalue weighted by Crippen LogP contribution is -2.34. The molecular formula is C19H18N2O3. The van der Waals surface area contributed by atoms with Crippen LogP contribution in [0.15, 0.2) is 60.8 Å². The van der Waals surface area contributed by atoms with Crippen molar-refractivity contribution in [2.75, 3.05) is 6.54 Å². The third-order valence-electron chi connectivity index (χ3n) is 4.00. The van der Waals surface area contributed by atoms with Gasteiger partial charge in [-0.3, -0.25) is 9.59 Å². The summed E-state index contributed by atoms with van der Waals surface area (Å²) in [4.78, 5) is 26.2. The Morgan fingerprint density at radius 1 is 1.04 bits per heavy atom. The zero-order valence-electron chi connectivity index (χ0n) is 13.0. The largest absolute Gasteiger partial charge is 0.481 e. The molecule has 3 aromatic rings. The van der Waals surface area contributed by atoms with Crippen LogP contribution in [-0.2, 0) is 11.2 Å². The summed E-state index contributed by atoms with van der Waals surface area (Å²) < 4.78 is 0. The Kier molecular flexibility index (Phi) is 4.61. The average Bonchev–Trinajstić information content (AvgIpc) is 3.12. The highest BCUT2D eigenvalue weighted by Crippen LogP contribution is 2.18. The van der Waals surface area contributed by atoms with Crippen LogP contribution in [0.5, 0.6) is 0 Å². The van der Waals surface area contributed by atoms with Crippen LogP contribution in [-0.4, -0.2) is 28.5 Å². The number of carboxylic acid groups (broad SMARTS) is 1. The molecule has 0 saturated heterocycles. The zero-order chi connectivity index (χ0) is 16.9. The standard InChI is InChI=1S/C19H18N2O3/c22-18(17-6-3-9-20-17)21-12-16(19(23)24)11-13-7-8-14-4-1-2-5-15(14)10-13/h1-10,16,20H,11-12H2,(H,21,22)(H,23,24). The van der Waals surface area contributed by atoms with Crippen molar-refractivity contribution in [2.45, 2.75) is 6.42 Å². The van der Waals surface area contributed by atoms with Crippen molar-refractivity contribution >= 4 is 22.6 Å². The maximum Gasteiger partial charge on any atom is 0.308 e. The van der Waals surface area contributed by atoms with Crippen molar-refractivity contribution in [3.63, 3.8) is 0 Å². The van der Waals surface area contributed by atoms with Gasteiger partial charge in [0.25, 0.3) is 5.91 Å². The van der Waals surface area contributed by atoms with Gasteiger partial charge < -0.3 is 15.4 Å². The fourth-order valence-corrected chi connectivity index (χ4v) is 2.68. The van der Waals surface area contributed by atoms with Crippen molar-refractivity contribution in [2.24, 2.45) is 5.92 Å². The molecule has 24 heavy (non-hydrogen) atoms. The quantitative estimate of drug-likeness (QED) is 0.652. The van der Waals surface area contributed by atoms with Crippen LogP contribution in [0, 0.1) is 5.92 Å². The monoisotopic (exact) mass is 322 g/mol. The van der Waals surface area contributed by atoms with E-state index in [-0.39, 0.29) is 12.5 Å². The molecule has 5 heteroatoms. The lowest BCUT2D eigenvalue weighted by molar-refractivity contribution is -0.141. The SMILES string of the molecule is O=C(NCC(Cc1ccc2ccccc2c1)C(=O)O)c1ccc[nH]1. The van der Waals surface area contributed by atoms with Crippen LogP contribution >= 0.6 is 0 Å². The maximum absolute atomic E-state index is 11.9. The number of rotatable bonds is 6. The van der Waals surface area contributed by atoms with Crippen LogP contribution in [0.4, 0.5) is 0 Å². The van der Waals surface area contributed by atoms with Crippen LogP contribution in [0.3, 0.4) is 0 Å². The molecule has 5 nitrogen and oxygen atoms in total. The summed E-state index contributed by atoms with van der Waals surface area (Å²) in [6.07, 6.45) is 2.02. The third kappa shape index (κ3) is 3.63. The summed E-state index contributed by atoms with van der Waals surface area (Å²) >= 11 is 0. The number of aromatic amines is 1. The van der Waals surface area contributed by atoms with Gasteiger partial charge in [-0.05, 0) is 34.9 Å². The Labute approximate surface area is 139 Å². The molecule has 1 atom stereocenters. The van der Waals surface area contributed by atoms with Crippen molar-refractivity contribution in [1.82, 2.24) is 10.3 Å². The highest BCUT2D eigenvalue weighted by atomic mass is 16.4. The number of carbonyl (C=O) groups excluding carboxylic acids is 1. The van der Waals surface area contributed by atoms with E-state index in [1.807, 2.05) is 42.5 Å². The zero-order valence-corrected chi connectivity index (χ0v) is 13.0. The summed E-state index contributed by atoms with van der Waals surface area (Å²) in [5, 5.41) is 14.3. The van der Waals surface area contributed by atoms with E-state index in [1.54, 1.807) is 18.3 Å². The first-order chi connectivity index (χ1) is 11.6. The molecule has 1 aromatic heterocycles. The van der Waals surface area contributed by atoms with E-state index in [4.69, 9.17) is 0 Å². The molecule has 2 aromatic carbocycles. The Morgan fingerprint density at radius 3 is 2.54 bits per heavy atom. The summed E-state index contributed by atoms with van der Waals surface area (Å²) in [5.74, 6) is -1.90. The molecule has 0 aliphatic heterocycles. The highest BCUT2D eigenvalue weighted by Gasteiger charge is 2.19. The molecular weight excluding hydrogens is 304 g/mol. The number of hydrogen-bond donors (Lipinski definition) is 3. The van der Waals surface area contributed by atoms with Crippen LogP contribution < -0.4 is 5.32 Å².